The topological polar surface area (TPSA) is 0 Å². The van der Waals surface area contributed by atoms with E-state index in [9.17, 15) is 0 Å². The van der Waals surface area contributed by atoms with Crippen molar-refractivity contribution in [3.05, 3.63) is 121 Å². The molecule has 0 fully saturated rings. The van der Waals surface area contributed by atoms with Crippen LogP contribution >= 0.6 is 27.6 Å². The summed E-state index contributed by atoms with van der Waals surface area (Å²) in [5, 5.41) is 2.79. The first-order valence-electron chi connectivity index (χ1n) is 7.89. The summed E-state index contributed by atoms with van der Waals surface area (Å²) in [6.45, 7) is 0. The summed E-state index contributed by atoms with van der Waals surface area (Å²) in [7, 11) is 10.4. The van der Waals surface area contributed by atoms with Gasteiger partial charge in [-0.2, -0.15) is 36.4 Å². The largest absolute Gasteiger partial charge is 0.214 e. The summed E-state index contributed by atoms with van der Waals surface area (Å²) in [6.07, 6.45) is 0. The molecule has 0 atom stereocenters. The van der Waals surface area contributed by atoms with E-state index < -0.39 is 0 Å². The van der Waals surface area contributed by atoms with Crippen LogP contribution in [-0.4, -0.2) is 0 Å². The molecule has 0 aliphatic carbocycles. The zero-order valence-electron chi connectivity index (χ0n) is 14.5. The summed E-state index contributed by atoms with van der Waals surface area (Å²) in [6, 6.07) is 41.2. The summed E-state index contributed by atoms with van der Waals surface area (Å²) in [5.41, 5.74) is 0. The van der Waals surface area contributed by atoms with E-state index in [1.54, 1.807) is 0 Å². The molecule has 0 saturated carbocycles. The van der Waals surface area contributed by atoms with Crippen molar-refractivity contribution in [1.82, 2.24) is 0 Å². The van der Waals surface area contributed by atoms with Crippen LogP contribution in [0.1, 0.15) is 0 Å². The number of benzene rings is 2. The van der Waals surface area contributed by atoms with Gasteiger partial charge in [-0.15, -0.1) is 0 Å². The van der Waals surface area contributed by atoms with Gasteiger partial charge in [0.05, 0.1) is 0 Å². The first-order valence-corrected chi connectivity index (χ1v) is 12.9. The molecule has 0 spiro atoms. The van der Waals surface area contributed by atoms with Crippen molar-refractivity contribution in [1.29, 1.82) is 0 Å². The number of rotatable bonds is 2. The standard InChI is InChI=1S/C12H11P.2C5H5.2ClH.Fe.Pd/c1-3-7-11(8-4-1)13-12-9-5-2-6-10-12;2*1-2-4-5-3-1;;;;/h1-10,13H;2*1-5H;2*1H;;/q;2*-1;;;;+2/p-2. The number of hydrogen-bond acceptors (Lipinski definition) is 0. The smallest absolute Gasteiger partial charge is 0 e. The molecule has 0 saturated heterocycles. The quantitative estimate of drug-likeness (QED) is 0.152. The van der Waals surface area contributed by atoms with Crippen LogP contribution in [0, 0.1) is 0 Å². The van der Waals surface area contributed by atoms with Gasteiger partial charge in [-0.25, -0.2) is 24.3 Å². The molecule has 4 aromatic rings. The van der Waals surface area contributed by atoms with Crippen molar-refractivity contribution in [3.63, 3.8) is 0 Å². The van der Waals surface area contributed by atoms with Gasteiger partial charge < -0.3 is 0 Å². The van der Waals surface area contributed by atoms with Gasteiger partial charge in [0.15, 0.2) is 0 Å². The molecule has 0 nitrogen and oxygen atoms in total. The second kappa shape index (κ2) is 20.1. The van der Waals surface area contributed by atoms with Crippen LogP contribution in [0.15, 0.2) is 121 Å². The van der Waals surface area contributed by atoms with E-state index in [-0.39, 0.29) is 33.0 Å². The third kappa shape index (κ3) is 16.0. The fraction of sp³-hybridized carbons (Fsp3) is 0. The summed E-state index contributed by atoms with van der Waals surface area (Å²) in [5.74, 6) is 0. The molecule has 0 radical (unpaired) electrons. The second-order valence-corrected chi connectivity index (χ2v) is 8.59. The van der Waals surface area contributed by atoms with E-state index in [4.69, 9.17) is 19.1 Å². The fourth-order valence-electron chi connectivity index (χ4n) is 1.85. The van der Waals surface area contributed by atoms with Crippen molar-refractivity contribution in [2.24, 2.45) is 0 Å². The van der Waals surface area contributed by atoms with Gasteiger partial charge in [-0.1, -0.05) is 69.2 Å². The van der Waals surface area contributed by atoms with Crippen LogP contribution in [0.25, 0.3) is 0 Å². The maximum absolute atomic E-state index is 4.81. The van der Waals surface area contributed by atoms with E-state index in [1.165, 1.54) is 10.6 Å². The Kier molecular flexibility index (Phi) is 19.6. The van der Waals surface area contributed by atoms with Gasteiger partial charge in [0.1, 0.15) is 0 Å². The second-order valence-electron chi connectivity index (χ2n) is 4.83. The Bertz CT molecular complexity index is 619. The van der Waals surface area contributed by atoms with Crippen molar-refractivity contribution in [2.45, 2.75) is 0 Å². The molecule has 4 aromatic carbocycles. The molecule has 27 heavy (non-hydrogen) atoms. The fourth-order valence-corrected chi connectivity index (χ4v) is 2.90. The Hall–Kier alpha value is -0.668. The average molecular weight is 550 g/mol. The molecule has 4 rings (SSSR count). The van der Waals surface area contributed by atoms with Crippen LogP contribution < -0.4 is 10.6 Å². The van der Waals surface area contributed by atoms with Crippen LogP contribution in [0.5, 0.6) is 0 Å². The van der Waals surface area contributed by atoms with Gasteiger partial charge in [0.25, 0.3) is 0 Å². The zero-order chi connectivity index (χ0) is 18.7. The molecule has 5 heteroatoms. The average Bonchev–Trinajstić information content (AvgIpc) is 3.43. The Morgan fingerprint density at radius 1 is 0.556 bits per heavy atom. The Labute approximate surface area is 191 Å². The third-order valence-electron chi connectivity index (χ3n) is 2.95. The first kappa shape index (κ1) is 26.3. The van der Waals surface area contributed by atoms with Crippen LogP contribution in [0.3, 0.4) is 0 Å². The van der Waals surface area contributed by atoms with E-state index >= 15 is 0 Å². The van der Waals surface area contributed by atoms with Gasteiger partial charge >= 0.3 is 35.0 Å². The van der Waals surface area contributed by atoms with Gasteiger partial charge in [0, 0.05) is 17.1 Å². The van der Waals surface area contributed by atoms with E-state index in [0.29, 0.717) is 0 Å². The van der Waals surface area contributed by atoms with Crippen LogP contribution in [0.2, 0.25) is 0 Å². The van der Waals surface area contributed by atoms with Crippen LogP contribution in [0.4, 0.5) is 0 Å². The minimum Gasteiger partial charge on any atom is -0.214 e. The normalized spacial score (nSPS) is 8.52. The third-order valence-corrected chi connectivity index (χ3v) is 4.19. The predicted octanol–water partition coefficient (Wildman–Crippen LogP) is 6.50. The van der Waals surface area contributed by atoms with Gasteiger partial charge in [-0.3, -0.25) is 0 Å². The summed E-state index contributed by atoms with van der Waals surface area (Å²) in [4.78, 5) is 0. The molecular formula is C22H21Cl2FePPd-2. The Morgan fingerprint density at radius 3 is 1.07 bits per heavy atom. The van der Waals surface area contributed by atoms with E-state index in [2.05, 4.69) is 60.7 Å². The zero-order valence-corrected chi connectivity index (χ0v) is 19.6. The molecule has 0 aliphatic rings. The number of hydrogen-bond donors (Lipinski definition) is 0. The molecule has 0 N–H and O–H groups in total. The minimum absolute atomic E-state index is 0. The van der Waals surface area contributed by atoms with Crippen molar-refractivity contribution in [3.8, 4) is 0 Å². The molecule has 0 aliphatic heterocycles. The Morgan fingerprint density at radius 2 is 0.852 bits per heavy atom. The minimum atomic E-state index is -0.106. The van der Waals surface area contributed by atoms with Crippen molar-refractivity contribution >= 4 is 38.2 Å². The molecule has 0 aromatic heterocycles. The maximum Gasteiger partial charge on any atom is 0 e. The number of halogens is 2. The van der Waals surface area contributed by atoms with Crippen molar-refractivity contribution < 1.29 is 33.0 Å². The molecule has 0 heterocycles. The molecule has 0 bridgehead atoms. The predicted molar refractivity (Wildman–Crippen MR) is 116 cm³/mol. The van der Waals surface area contributed by atoms with Gasteiger partial charge in [0.2, 0.25) is 0 Å². The summed E-state index contributed by atoms with van der Waals surface area (Å²) >= 11 is -0.106. The van der Waals surface area contributed by atoms with Crippen molar-refractivity contribution in [2.75, 3.05) is 0 Å². The molecule has 0 unspecified atom stereocenters. The van der Waals surface area contributed by atoms with Crippen LogP contribution in [-0.2, 0) is 33.0 Å². The monoisotopic (exact) mass is 548 g/mol. The van der Waals surface area contributed by atoms with E-state index in [0.717, 1.165) is 8.58 Å². The molecular weight excluding hydrogens is 528 g/mol. The van der Waals surface area contributed by atoms with E-state index in [1.807, 2.05) is 60.7 Å². The molecule has 0 amide bonds. The maximum atomic E-state index is 4.81. The van der Waals surface area contributed by atoms with Gasteiger partial charge in [-0.05, 0) is 10.6 Å². The summed E-state index contributed by atoms with van der Waals surface area (Å²) < 4.78 is 0. The SMILES string of the molecule is [Cl][Pd][Cl].[Fe].c1cc[cH-]c1.c1cc[cH-]c1.c1ccc(Pc2ccccc2)cc1. The molecule has 148 valence electrons. The Balaban J connectivity index is 0.000000400. The first-order chi connectivity index (χ1) is 12.9.